The van der Waals surface area contributed by atoms with E-state index in [1.54, 1.807) is 7.05 Å². The second kappa shape index (κ2) is 7.01. The molecule has 0 aliphatic heterocycles. The maximum Gasteiger partial charge on any atom is 0.354 e. The van der Waals surface area contributed by atoms with Gasteiger partial charge in [-0.1, -0.05) is 6.07 Å². The smallest absolute Gasteiger partial charge is 0.354 e. The van der Waals surface area contributed by atoms with Gasteiger partial charge in [0.15, 0.2) is 5.69 Å². The highest BCUT2D eigenvalue weighted by Crippen LogP contribution is 2.25. The van der Waals surface area contributed by atoms with E-state index in [1.165, 1.54) is 29.3 Å². The van der Waals surface area contributed by atoms with Crippen LogP contribution in [0.5, 0.6) is 0 Å². The maximum absolute atomic E-state index is 12.1. The molecule has 2 aromatic heterocycles. The Balaban J connectivity index is 2.43. The Morgan fingerprint density at radius 1 is 1.32 bits per heavy atom. The van der Waals surface area contributed by atoms with E-state index in [2.05, 4.69) is 4.98 Å². The molecule has 5 N–H and O–H groups in total. The van der Waals surface area contributed by atoms with Gasteiger partial charge in [0.1, 0.15) is 5.69 Å². The molecule has 0 aliphatic rings. The molecule has 0 fully saturated rings. The van der Waals surface area contributed by atoms with Gasteiger partial charge in [0.2, 0.25) is 0 Å². The molecule has 0 saturated heterocycles. The van der Waals surface area contributed by atoms with Gasteiger partial charge < -0.3 is 15.7 Å². The zero-order chi connectivity index (χ0) is 18.8. The molecule has 11 heteroatoms. The Morgan fingerprint density at radius 3 is 2.48 bits per heavy atom. The Labute approximate surface area is 143 Å². The predicted molar refractivity (Wildman–Crippen MR) is 89.1 cm³/mol. The molecule has 0 atom stereocenters. The fourth-order valence-corrected chi connectivity index (χ4v) is 2.90. The van der Waals surface area contributed by atoms with Crippen LogP contribution in [-0.4, -0.2) is 59.4 Å². The third kappa shape index (κ3) is 3.84. The summed E-state index contributed by atoms with van der Waals surface area (Å²) in [6, 6.07) is 4.20. The average Bonchev–Trinajstić information content (AvgIpc) is 3.00. The minimum absolute atomic E-state index is 0.114. The number of pyridine rings is 1. The number of likely N-dealkylation sites (N-methyl/N-ethyl adjacent to an activating group) is 1. The fraction of sp³-hybridized carbons (Fsp3) is 0.214. The lowest BCUT2D eigenvalue weighted by atomic mass is 10.1. The molecule has 25 heavy (non-hydrogen) atoms. The predicted octanol–water partition coefficient (Wildman–Crippen LogP) is -0.669. The van der Waals surface area contributed by atoms with Crippen LogP contribution in [0.15, 0.2) is 30.6 Å². The number of aromatic carboxylic acids is 1. The molecule has 0 spiro atoms. The monoisotopic (exact) mass is 367 g/mol. The lowest BCUT2D eigenvalue weighted by Crippen LogP contribution is -2.32. The molecule has 0 bridgehead atoms. The topological polar surface area (TPSA) is 162 Å². The Hall–Kier alpha value is -2.76. The van der Waals surface area contributed by atoms with Crippen molar-refractivity contribution in [1.29, 1.82) is 0 Å². The highest BCUT2D eigenvalue weighted by Gasteiger charge is 2.23. The van der Waals surface area contributed by atoms with Crippen LogP contribution in [0.4, 0.5) is 0 Å². The minimum atomic E-state index is -4.26. The van der Waals surface area contributed by atoms with Crippen LogP contribution >= 0.6 is 0 Å². The summed E-state index contributed by atoms with van der Waals surface area (Å²) in [5.41, 5.74) is 5.49. The largest absolute Gasteiger partial charge is 0.477 e. The summed E-state index contributed by atoms with van der Waals surface area (Å²) in [7, 11) is -2.68. The van der Waals surface area contributed by atoms with Crippen LogP contribution in [0.2, 0.25) is 0 Å². The van der Waals surface area contributed by atoms with Crippen molar-refractivity contribution in [2.75, 3.05) is 20.1 Å². The van der Waals surface area contributed by atoms with E-state index >= 15 is 0 Å². The van der Waals surface area contributed by atoms with Crippen molar-refractivity contribution in [2.45, 2.75) is 0 Å². The molecule has 2 aromatic rings. The third-order valence-electron chi connectivity index (χ3n) is 3.43. The van der Waals surface area contributed by atoms with Gasteiger partial charge >= 0.3 is 16.2 Å². The van der Waals surface area contributed by atoms with Crippen molar-refractivity contribution in [1.82, 2.24) is 13.9 Å². The second-order valence-electron chi connectivity index (χ2n) is 5.17. The second-order valence-corrected chi connectivity index (χ2v) is 6.59. The molecular formula is C14H17N5O5S. The number of rotatable bonds is 6. The number of hydrogen-bond acceptors (Lipinski definition) is 6. The van der Waals surface area contributed by atoms with E-state index in [1.807, 2.05) is 0 Å². The van der Waals surface area contributed by atoms with Gasteiger partial charge in [-0.05, 0) is 12.1 Å². The van der Waals surface area contributed by atoms with Crippen molar-refractivity contribution in [3.05, 3.63) is 42.0 Å². The van der Waals surface area contributed by atoms with Gasteiger partial charge in [-0.2, -0.15) is 8.42 Å². The first kappa shape index (κ1) is 18.6. The molecule has 0 aliphatic carbocycles. The molecule has 134 valence electrons. The van der Waals surface area contributed by atoms with E-state index in [-0.39, 0.29) is 17.2 Å². The van der Waals surface area contributed by atoms with Crippen LogP contribution in [0.3, 0.4) is 0 Å². The molecule has 0 radical (unpaired) electrons. The normalized spacial score (nSPS) is 11.3. The van der Waals surface area contributed by atoms with Crippen LogP contribution < -0.4 is 10.9 Å². The maximum atomic E-state index is 12.1. The van der Waals surface area contributed by atoms with Crippen molar-refractivity contribution >= 4 is 22.1 Å². The van der Waals surface area contributed by atoms with Crippen LogP contribution in [-0.2, 0) is 10.2 Å². The van der Waals surface area contributed by atoms with E-state index < -0.39 is 21.9 Å². The first-order chi connectivity index (χ1) is 11.7. The summed E-state index contributed by atoms with van der Waals surface area (Å²) in [6.07, 6.45) is 2.33. The molecule has 10 nitrogen and oxygen atoms in total. The third-order valence-corrected chi connectivity index (χ3v) is 4.29. The Kier molecular flexibility index (Phi) is 5.21. The summed E-state index contributed by atoms with van der Waals surface area (Å²) in [6.45, 7) is 0.673. The standard InChI is InChI=1S/C14H17N5O5S/c1-18(7-5-15)13(20)11-3-2-9(8-17-11)10-4-6-19(25(16,23)24)12(10)14(21)22/h2-4,6,8H,5,7,15H2,1H3,(H,21,22)(H2,16,23,24). The van der Waals surface area contributed by atoms with Crippen molar-refractivity contribution < 1.29 is 23.1 Å². The van der Waals surface area contributed by atoms with E-state index in [0.717, 1.165) is 6.20 Å². The van der Waals surface area contributed by atoms with Crippen LogP contribution in [0.1, 0.15) is 21.0 Å². The number of carboxylic acids is 1. The van der Waals surface area contributed by atoms with Crippen LogP contribution in [0, 0.1) is 0 Å². The number of carboxylic acid groups (broad SMARTS) is 1. The molecule has 0 aromatic carbocycles. The fourth-order valence-electron chi connectivity index (χ4n) is 2.24. The number of nitrogens with two attached hydrogens (primary N) is 2. The Bertz CT molecular complexity index is 904. The van der Waals surface area contributed by atoms with Gasteiger partial charge in [-0.3, -0.25) is 9.78 Å². The van der Waals surface area contributed by atoms with Gasteiger partial charge in [-0.25, -0.2) is 13.9 Å². The highest BCUT2D eigenvalue weighted by atomic mass is 32.2. The SMILES string of the molecule is CN(CCN)C(=O)c1ccc(-c2ccn(S(N)(=O)=O)c2C(=O)O)cn1. The van der Waals surface area contributed by atoms with E-state index in [9.17, 15) is 23.1 Å². The van der Waals surface area contributed by atoms with Gasteiger partial charge in [0.25, 0.3) is 5.91 Å². The molecule has 1 amide bonds. The minimum Gasteiger partial charge on any atom is -0.477 e. The first-order valence-corrected chi connectivity index (χ1v) is 8.57. The molecule has 0 saturated carbocycles. The lowest BCUT2D eigenvalue weighted by Gasteiger charge is -2.15. The number of amides is 1. The quantitative estimate of drug-likeness (QED) is 0.610. The van der Waals surface area contributed by atoms with Gasteiger partial charge in [0.05, 0.1) is 0 Å². The summed E-state index contributed by atoms with van der Waals surface area (Å²) >= 11 is 0. The van der Waals surface area contributed by atoms with Crippen molar-refractivity contribution in [3.63, 3.8) is 0 Å². The number of hydrogen-bond donors (Lipinski definition) is 3. The summed E-state index contributed by atoms with van der Waals surface area (Å²) in [4.78, 5) is 29.0. The Morgan fingerprint density at radius 2 is 2.00 bits per heavy atom. The summed E-state index contributed by atoms with van der Waals surface area (Å²) < 4.78 is 23.4. The summed E-state index contributed by atoms with van der Waals surface area (Å²) in [5.74, 6) is -1.80. The van der Waals surface area contributed by atoms with Crippen LogP contribution in [0.25, 0.3) is 11.1 Å². The van der Waals surface area contributed by atoms with Gasteiger partial charge in [-0.15, -0.1) is 0 Å². The number of aromatic nitrogens is 2. The highest BCUT2D eigenvalue weighted by molar-refractivity contribution is 7.87. The van der Waals surface area contributed by atoms with Crippen molar-refractivity contribution in [3.8, 4) is 11.1 Å². The number of carbonyl (C=O) groups is 2. The number of carbonyl (C=O) groups excluding carboxylic acids is 1. The van der Waals surface area contributed by atoms with E-state index in [4.69, 9.17) is 10.9 Å². The molecule has 2 rings (SSSR count). The lowest BCUT2D eigenvalue weighted by molar-refractivity contribution is 0.0689. The molecular weight excluding hydrogens is 350 g/mol. The first-order valence-electron chi connectivity index (χ1n) is 7.06. The van der Waals surface area contributed by atoms with E-state index in [0.29, 0.717) is 22.6 Å². The molecule has 0 unspecified atom stereocenters. The zero-order valence-electron chi connectivity index (χ0n) is 13.3. The van der Waals surface area contributed by atoms with Gasteiger partial charge in [0, 0.05) is 43.7 Å². The number of nitrogens with zero attached hydrogens (tertiary/aromatic N) is 3. The zero-order valence-corrected chi connectivity index (χ0v) is 14.1. The summed E-state index contributed by atoms with van der Waals surface area (Å²) in [5, 5.41) is 14.3. The average molecular weight is 367 g/mol. The van der Waals surface area contributed by atoms with Crippen molar-refractivity contribution in [2.24, 2.45) is 10.9 Å². The molecule has 2 heterocycles.